The Morgan fingerprint density at radius 3 is 2.40 bits per heavy atom. The molecule has 0 unspecified atom stereocenters. The number of nitrogens with one attached hydrogen (secondary N) is 4. The van der Waals surface area contributed by atoms with Gasteiger partial charge in [0.1, 0.15) is 40.4 Å². The number of ether oxygens (including phenoxy) is 2. The van der Waals surface area contributed by atoms with Crippen LogP contribution in [0, 0.1) is 11.2 Å². The first kappa shape index (κ1) is 53.2. The summed E-state index contributed by atoms with van der Waals surface area (Å²) >= 11 is 1.67. The molecule has 2 saturated heterocycles. The molecule has 18 nitrogen and oxygen atoms in total. The Bertz CT molecular complexity index is 2720. The number of aromatic amines is 1. The molecule has 0 bridgehead atoms. The summed E-state index contributed by atoms with van der Waals surface area (Å²) in [4.78, 5) is 69.2. The van der Waals surface area contributed by atoms with Crippen molar-refractivity contribution in [3.05, 3.63) is 95.6 Å². The van der Waals surface area contributed by atoms with Gasteiger partial charge in [0.2, 0.25) is 23.6 Å². The number of piperazine rings is 1. The molecule has 2 aromatic heterocycles. The summed E-state index contributed by atoms with van der Waals surface area (Å²) in [5.74, 6) is -0.420. The lowest BCUT2D eigenvalue weighted by atomic mass is 9.85. The first-order chi connectivity index (χ1) is 34.5. The molecule has 0 saturated carbocycles. The number of H-pyrrole nitrogens is 1. The summed E-state index contributed by atoms with van der Waals surface area (Å²) < 4.78 is 25.9. The predicted molar refractivity (Wildman–Crippen MR) is 277 cm³/mol. The van der Waals surface area contributed by atoms with E-state index in [0.717, 1.165) is 51.8 Å². The number of hydrogen-bond acceptors (Lipinski definition) is 14. The van der Waals surface area contributed by atoms with Crippen molar-refractivity contribution in [2.24, 2.45) is 11.1 Å². The van der Waals surface area contributed by atoms with Crippen molar-refractivity contribution in [2.45, 2.75) is 72.2 Å². The second-order valence-electron chi connectivity index (χ2n) is 19.0. The number of aromatic nitrogens is 4. The number of anilines is 1. The quantitative estimate of drug-likeness (QED) is 0.0582. The van der Waals surface area contributed by atoms with Gasteiger partial charge in [-0.2, -0.15) is 5.10 Å². The van der Waals surface area contributed by atoms with Gasteiger partial charge in [-0.25, -0.2) is 14.4 Å². The van der Waals surface area contributed by atoms with Crippen LogP contribution in [0.4, 0.5) is 10.1 Å². The lowest BCUT2D eigenvalue weighted by Crippen LogP contribution is -2.57. The van der Waals surface area contributed by atoms with Crippen molar-refractivity contribution in [1.82, 2.24) is 45.9 Å². The summed E-state index contributed by atoms with van der Waals surface area (Å²) in [7, 11) is 1.47. The van der Waals surface area contributed by atoms with E-state index in [1.54, 1.807) is 30.1 Å². The van der Waals surface area contributed by atoms with Gasteiger partial charge < -0.3 is 46.1 Å². The average molecular weight is 1010 g/mol. The second-order valence-corrected chi connectivity index (χ2v) is 20.3. The van der Waals surface area contributed by atoms with Crippen LogP contribution in [0.2, 0.25) is 0 Å². The molecule has 20 heteroatoms. The monoisotopic (exact) mass is 1010 g/mol. The van der Waals surface area contributed by atoms with Gasteiger partial charge in [-0.05, 0) is 53.5 Å². The summed E-state index contributed by atoms with van der Waals surface area (Å²) in [6.45, 7) is 13.3. The molecule has 5 aromatic rings. The topological polar surface area (TPSA) is 233 Å². The number of amides is 4. The first-order valence-corrected chi connectivity index (χ1v) is 25.2. The molecular formula is C52H66FN11O7S. The van der Waals surface area contributed by atoms with Crippen LogP contribution in [0.3, 0.4) is 0 Å². The Balaban J connectivity index is 0.805. The fraction of sp³-hybridized carbons (Fsp3) is 0.442. The number of hydrogen-bond donors (Lipinski definition) is 6. The molecule has 3 atom stereocenters. The number of nitrogens with zero attached hydrogens (tertiary/aromatic N) is 6. The van der Waals surface area contributed by atoms with Crippen molar-refractivity contribution in [2.75, 3.05) is 76.8 Å². The van der Waals surface area contributed by atoms with Crippen molar-refractivity contribution in [3.63, 3.8) is 0 Å². The molecule has 7 N–H and O–H groups in total. The number of methoxy groups -OCH3 is 1. The minimum Gasteiger partial charge on any atom is -0.496 e. The molecule has 0 spiro atoms. The van der Waals surface area contributed by atoms with Crippen LogP contribution in [-0.4, -0.2) is 149 Å². The fourth-order valence-corrected chi connectivity index (χ4v) is 9.63. The van der Waals surface area contributed by atoms with E-state index < -0.39 is 41.2 Å². The standard InChI is InChI=1S/C52H66FN11O7S/c1-7-72-47(32(2)54)35-13-11-33(12-14-35)28-57-50(68)40-27-37(65)30-64(40)51(69)48(52(3,4)5)58-42(66)19-25-71-26-20-55-43(67)31-62-21-23-63(24-22-62)36-17-15-34(16-18-36)45-46-39(60-61-45)29-56-49(59-46)44-38(53)9-8-10-41(44)70-6/h8-18,29,37,40,48,65H,7,19-28,30-31,54H2,1-6H3,(H,55,67)(H,57,68)(H,58,66)(H,60,61)/b47-32-/t37-,40+,48-/m1/s1. The number of benzene rings is 3. The third-order valence-electron chi connectivity index (χ3n) is 12.6. The Kier molecular flexibility index (Phi) is 17.9. The van der Waals surface area contributed by atoms with Gasteiger partial charge in [0.25, 0.3) is 0 Å². The van der Waals surface area contributed by atoms with Gasteiger partial charge in [0.05, 0.1) is 44.7 Å². The molecule has 7 rings (SSSR count). The van der Waals surface area contributed by atoms with Crippen LogP contribution in [-0.2, 0) is 30.5 Å². The van der Waals surface area contributed by atoms with E-state index in [0.29, 0.717) is 35.6 Å². The van der Waals surface area contributed by atoms with Crippen LogP contribution in [0.25, 0.3) is 38.6 Å². The highest BCUT2D eigenvalue weighted by atomic mass is 32.2. The number of fused-ring (bicyclic) bond motifs is 1. The zero-order valence-corrected chi connectivity index (χ0v) is 42.6. The van der Waals surface area contributed by atoms with Crippen molar-refractivity contribution < 1.29 is 38.1 Å². The number of halogens is 1. The smallest absolute Gasteiger partial charge is 0.246 e. The number of carbonyl (C=O) groups is 4. The van der Waals surface area contributed by atoms with Gasteiger partial charge >= 0.3 is 0 Å². The minimum absolute atomic E-state index is 0.0197. The molecule has 2 aliphatic rings. The maximum absolute atomic E-state index is 14.8. The average Bonchev–Trinajstić information content (AvgIpc) is 3.98. The van der Waals surface area contributed by atoms with Crippen LogP contribution in [0.1, 0.15) is 58.6 Å². The van der Waals surface area contributed by atoms with E-state index in [1.807, 2.05) is 76.2 Å². The third-order valence-corrected chi connectivity index (χ3v) is 13.8. The number of likely N-dealkylation sites (tertiary alicyclic amines) is 1. The van der Waals surface area contributed by atoms with Gasteiger partial charge in [-0.15, -0.1) is 11.8 Å². The molecule has 2 fully saturated rings. The maximum Gasteiger partial charge on any atom is 0.246 e. The molecule has 384 valence electrons. The highest BCUT2D eigenvalue weighted by Crippen LogP contribution is 2.34. The summed E-state index contributed by atoms with van der Waals surface area (Å²) in [5.41, 5.74) is 11.8. The highest BCUT2D eigenvalue weighted by molar-refractivity contribution is 8.08. The van der Waals surface area contributed by atoms with Crippen LogP contribution in [0.15, 0.2) is 78.6 Å². The number of nitrogens with two attached hydrogens (primary N) is 1. The number of allylic oxidation sites excluding steroid dienone is 1. The number of thioether (sulfide) groups is 1. The first-order valence-electron chi connectivity index (χ1n) is 24.2. The highest BCUT2D eigenvalue weighted by Gasteiger charge is 2.44. The van der Waals surface area contributed by atoms with Crippen LogP contribution in [0.5, 0.6) is 5.75 Å². The molecule has 0 aliphatic carbocycles. The van der Waals surface area contributed by atoms with E-state index >= 15 is 0 Å². The van der Waals surface area contributed by atoms with Crippen LogP contribution < -0.4 is 31.3 Å². The van der Waals surface area contributed by atoms with Gasteiger partial charge in [0.15, 0.2) is 5.82 Å². The maximum atomic E-state index is 14.8. The molecule has 0 radical (unpaired) electrons. The molecule has 2 aliphatic heterocycles. The lowest BCUT2D eigenvalue weighted by molar-refractivity contribution is -0.144. The second kappa shape index (κ2) is 24.2. The molecule has 4 amide bonds. The number of rotatable bonds is 20. The summed E-state index contributed by atoms with van der Waals surface area (Å²) in [6, 6.07) is 18.5. The Morgan fingerprint density at radius 1 is 0.986 bits per heavy atom. The SMILES string of the molecule is CCS/C(=C(/C)N)c1ccc(CNC(=O)[C@@H]2C[C@@H](O)CN2C(=O)[C@@H](NC(=O)CCOCCNC(=O)CN2CCN(c3ccc(-c4n[nH]c5cnc(-c6c(F)cccc6OC)nc45)cc3)CC2)C(C)(C)C)cc1. The summed E-state index contributed by atoms with van der Waals surface area (Å²) in [5, 5.41) is 26.7. The van der Waals surface area contributed by atoms with E-state index in [9.17, 15) is 28.7 Å². The molecule has 72 heavy (non-hydrogen) atoms. The number of β-amino-alcohol motifs (C(OH)–C–C–N with tert-alkyl or cyclic N) is 1. The van der Waals surface area contributed by atoms with E-state index in [2.05, 4.69) is 52.8 Å². The number of carbonyl (C=O) groups excluding carboxylic acids is 4. The zero-order chi connectivity index (χ0) is 51.5. The minimum atomic E-state index is -0.964. The molecule has 3 aromatic carbocycles. The molecule has 4 heterocycles. The van der Waals surface area contributed by atoms with E-state index in [1.165, 1.54) is 18.1 Å². The molecular weight excluding hydrogens is 942 g/mol. The Labute approximate surface area is 423 Å². The Hall–Kier alpha value is -6.61. The summed E-state index contributed by atoms with van der Waals surface area (Å²) in [6.07, 6.45) is 0.761. The fourth-order valence-electron chi connectivity index (χ4n) is 8.81. The van der Waals surface area contributed by atoms with Crippen molar-refractivity contribution in [1.29, 1.82) is 0 Å². The van der Waals surface area contributed by atoms with Crippen molar-refractivity contribution in [3.8, 4) is 28.4 Å². The van der Waals surface area contributed by atoms with E-state index in [-0.39, 0.29) is 75.4 Å². The lowest BCUT2D eigenvalue weighted by Gasteiger charge is -2.35. The van der Waals surface area contributed by atoms with Gasteiger partial charge in [-0.3, -0.25) is 29.2 Å². The largest absolute Gasteiger partial charge is 0.496 e. The van der Waals surface area contributed by atoms with Crippen molar-refractivity contribution >= 4 is 57.0 Å². The normalized spacial score (nSPS) is 17.1. The Morgan fingerprint density at radius 2 is 1.72 bits per heavy atom. The zero-order valence-electron chi connectivity index (χ0n) is 41.8. The van der Waals surface area contributed by atoms with Gasteiger partial charge in [0, 0.05) is 80.5 Å². The van der Waals surface area contributed by atoms with Crippen LogP contribution >= 0.6 is 11.8 Å². The van der Waals surface area contributed by atoms with Gasteiger partial charge in [-0.1, -0.05) is 70.2 Å². The predicted octanol–water partition coefficient (Wildman–Crippen LogP) is 4.69. The number of aliphatic hydroxyl groups excluding tert-OH is 1. The number of aliphatic hydroxyl groups is 1. The third kappa shape index (κ3) is 13.3. The van der Waals surface area contributed by atoms with E-state index in [4.69, 9.17) is 15.2 Å².